The number of carbonyl (C=O) groups is 1. The number of hydrogen-bond acceptors (Lipinski definition) is 8. The lowest BCUT2D eigenvalue weighted by molar-refractivity contribution is -0.166. The van der Waals surface area contributed by atoms with E-state index >= 15 is 0 Å². The molecule has 0 aromatic heterocycles. The largest absolute Gasteiger partial charge is 0.481 e. The lowest BCUT2D eigenvalue weighted by atomic mass is 9.38. The van der Waals surface area contributed by atoms with Crippen LogP contribution in [0.25, 0.3) is 5.70 Å². The van der Waals surface area contributed by atoms with Gasteiger partial charge in [0.05, 0.1) is 11.5 Å². The van der Waals surface area contributed by atoms with Gasteiger partial charge in [0.15, 0.2) is 9.84 Å². The van der Waals surface area contributed by atoms with E-state index in [1.807, 2.05) is 30.3 Å². The molecule has 1 aromatic rings. The minimum absolute atomic E-state index is 0.0555. The monoisotopic (exact) mass is 815 g/mol. The first-order valence-corrected chi connectivity index (χ1v) is 24.5. The first-order valence-electron chi connectivity index (χ1n) is 22.7. The van der Waals surface area contributed by atoms with Gasteiger partial charge in [-0.2, -0.15) is 0 Å². The molecule has 6 unspecified atom stereocenters. The Hall–Kier alpha value is -2.95. The number of ether oxygens (including phenoxy) is 1. The maximum absolute atomic E-state index is 12.8. The van der Waals surface area contributed by atoms with Crippen molar-refractivity contribution in [2.45, 2.75) is 110 Å². The highest BCUT2D eigenvalue weighted by Gasteiger charge is 2.64. The highest BCUT2D eigenvalue weighted by atomic mass is 32.2. The number of carboxylic acids is 1. The Labute approximate surface area is 348 Å². The Morgan fingerprint density at radius 2 is 1.72 bits per heavy atom. The van der Waals surface area contributed by atoms with Crippen LogP contribution in [0.3, 0.4) is 0 Å². The number of allylic oxidation sites excluding steroid dienone is 4. The summed E-state index contributed by atoms with van der Waals surface area (Å²) in [4.78, 5) is 19.5. The van der Waals surface area contributed by atoms with Gasteiger partial charge in [0.25, 0.3) is 0 Å². The molecule has 0 bridgehead atoms. The summed E-state index contributed by atoms with van der Waals surface area (Å²) < 4.78 is 30.0. The van der Waals surface area contributed by atoms with Crippen LogP contribution in [-0.2, 0) is 19.4 Å². The van der Waals surface area contributed by atoms with Crippen molar-refractivity contribution >= 4 is 27.4 Å². The fraction of sp³-hybridized carbons (Fsp3) is 0.708. The lowest BCUT2D eigenvalue weighted by Gasteiger charge is -2.67. The normalized spacial score (nSPS) is 40.3. The van der Waals surface area contributed by atoms with Crippen LogP contribution in [0, 0.1) is 51.8 Å². The lowest BCUT2D eigenvalue weighted by Crippen LogP contribution is -2.63. The zero-order valence-corrected chi connectivity index (χ0v) is 36.5. The molecule has 9 nitrogen and oxygen atoms in total. The second-order valence-electron chi connectivity index (χ2n) is 20.2. The van der Waals surface area contributed by atoms with Crippen molar-refractivity contribution in [2.75, 3.05) is 51.3 Å². The summed E-state index contributed by atoms with van der Waals surface area (Å²) in [5, 5.41) is 14.7. The molecular formula is C48H70N4O5S. The zero-order valence-electron chi connectivity index (χ0n) is 35.7. The van der Waals surface area contributed by atoms with Crippen LogP contribution in [0.1, 0.15) is 110 Å². The second-order valence-corrected chi connectivity index (χ2v) is 22.5. The van der Waals surface area contributed by atoms with Crippen LogP contribution >= 0.6 is 0 Å². The number of nitrogens with two attached hydrogens (primary N) is 1. The minimum Gasteiger partial charge on any atom is -0.481 e. The summed E-state index contributed by atoms with van der Waals surface area (Å²) in [6, 6.07) is 9.66. The predicted molar refractivity (Wildman–Crippen MR) is 233 cm³/mol. The second kappa shape index (κ2) is 16.2. The first kappa shape index (κ1) is 41.8. The highest BCUT2D eigenvalue weighted by molar-refractivity contribution is 7.91. The molecule has 0 amide bonds. The summed E-state index contributed by atoms with van der Waals surface area (Å²) in [6.45, 7) is 11.2. The van der Waals surface area contributed by atoms with Gasteiger partial charge in [0.1, 0.15) is 12.0 Å². The van der Waals surface area contributed by atoms with Gasteiger partial charge in [0, 0.05) is 50.5 Å². The van der Waals surface area contributed by atoms with Crippen LogP contribution in [0.5, 0.6) is 0 Å². The summed E-state index contributed by atoms with van der Waals surface area (Å²) in [7, 11) is -1.20. The fourth-order valence-corrected chi connectivity index (χ4v) is 15.7. The first-order chi connectivity index (χ1) is 27.7. The van der Waals surface area contributed by atoms with Gasteiger partial charge in [0.2, 0.25) is 5.90 Å². The molecule has 318 valence electrons. The molecule has 1 heterocycles. The maximum Gasteiger partial charge on any atom is 0.313 e. The number of benzene rings is 1. The summed E-state index contributed by atoms with van der Waals surface area (Å²) >= 11 is 0. The Kier molecular flexibility index (Phi) is 11.6. The van der Waals surface area contributed by atoms with E-state index in [1.54, 1.807) is 13.1 Å². The molecule has 1 aromatic carbocycles. The average Bonchev–Trinajstić information content (AvgIpc) is 3.65. The average molecular weight is 815 g/mol. The van der Waals surface area contributed by atoms with E-state index in [4.69, 9.17) is 10.5 Å². The Balaban J connectivity index is 0.919. The number of fused-ring (bicyclic) bond motifs is 7. The van der Waals surface area contributed by atoms with Crippen molar-refractivity contribution in [3.63, 3.8) is 0 Å². The molecule has 4 N–H and O–H groups in total. The van der Waals surface area contributed by atoms with Gasteiger partial charge in [-0.3, -0.25) is 9.79 Å². The number of sulfone groups is 1. The van der Waals surface area contributed by atoms with Gasteiger partial charge < -0.3 is 25.8 Å². The third-order valence-electron chi connectivity index (χ3n) is 17.6. The predicted octanol–water partition coefficient (Wildman–Crippen LogP) is 7.90. The Bertz CT molecular complexity index is 1930. The van der Waals surface area contributed by atoms with Gasteiger partial charge in [-0.1, -0.05) is 69.7 Å². The smallest absolute Gasteiger partial charge is 0.313 e. The molecular weight excluding hydrogens is 745 g/mol. The van der Waals surface area contributed by atoms with E-state index in [1.165, 1.54) is 68.9 Å². The number of aliphatic carboxylic acids is 1. The fourth-order valence-electron chi connectivity index (χ4n) is 14.4. The van der Waals surface area contributed by atoms with Crippen molar-refractivity contribution in [2.24, 2.45) is 62.5 Å². The highest BCUT2D eigenvalue weighted by Crippen LogP contribution is 2.70. The van der Waals surface area contributed by atoms with E-state index in [9.17, 15) is 18.3 Å². The van der Waals surface area contributed by atoms with Crippen LogP contribution < -0.4 is 11.1 Å². The molecule has 6 aliphatic carbocycles. The standard InChI is InChI=1S/C48H70N4O5S/c1-33-36(34-14-22-47(23-15-34,44(53)54)32-57-43(50-4)31-41(49)35-9-6-5-7-10-35)16-20-45(2)38(33)17-21-46(3)39-18-24-48(19-8-11-40(48)37(39)12-13-42(45)46)51-25-26-52-27-29-58(55,56)30-28-52/h5-7,9-10,14,16,31,33,37-40,42,51H,8,11-13,15,17-30,32,49H2,1-4H3,(H,53,54)/t33?,37-,38?,39?,40?,42?,45-,46-,47?,48-/m0/s1. The third-order valence-corrected chi connectivity index (χ3v) is 19.2. The number of nitrogens with one attached hydrogen (secondary N) is 1. The van der Waals surface area contributed by atoms with Crippen LogP contribution in [0.2, 0.25) is 0 Å². The van der Waals surface area contributed by atoms with Gasteiger partial charge in [-0.25, -0.2) is 8.42 Å². The molecule has 4 saturated carbocycles. The number of aliphatic imine (C=N–C) groups is 1. The number of nitrogens with zero attached hydrogens (tertiary/aromatic N) is 2. The van der Waals surface area contributed by atoms with E-state index in [0.29, 0.717) is 66.3 Å². The topological polar surface area (TPSA) is 134 Å². The van der Waals surface area contributed by atoms with Crippen LogP contribution in [0.4, 0.5) is 0 Å². The van der Waals surface area contributed by atoms with Crippen LogP contribution in [-0.4, -0.2) is 87.2 Å². The summed E-state index contributed by atoms with van der Waals surface area (Å²) in [6.07, 6.45) is 21.3. The molecule has 0 radical (unpaired) electrons. The van der Waals surface area contributed by atoms with E-state index in [-0.39, 0.29) is 17.6 Å². The molecule has 58 heavy (non-hydrogen) atoms. The van der Waals surface area contributed by atoms with Crippen molar-refractivity contribution in [1.82, 2.24) is 10.2 Å². The Morgan fingerprint density at radius 1 is 0.966 bits per heavy atom. The molecule has 10 heteroatoms. The summed E-state index contributed by atoms with van der Waals surface area (Å²) in [5.74, 6) is 4.35. The molecule has 7 aliphatic rings. The van der Waals surface area contributed by atoms with Crippen molar-refractivity contribution in [3.8, 4) is 0 Å². The molecule has 5 fully saturated rings. The number of hydrogen-bond donors (Lipinski definition) is 3. The molecule has 10 atom stereocenters. The number of carboxylic acid groups (broad SMARTS) is 1. The molecule has 1 aliphatic heterocycles. The zero-order chi connectivity index (χ0) is 40.9. The van der Waals surface area contributed by atoms with Gasteiger partial charge in [-0.15, -0.1) is 0 Å². The SMILES string of the molecule is CN=C(C=C(N)c1ccccc1)OCC1(C(=O)O)CC=C(C2=CC[C@@]3(C)C(CC[C@@]4(C)C5CC[C@@]6(NCCN7CCS(=O)(=O)CC7)CCCC6[C@H]5CCC34)C2C)CC1. The van der Waals surface area contributed by atoms with E-state index < -0.39 is 21.2 Å². The maximum atomic E-state index is 12.8. The molecule has 8 rings (SSSR count). The summed E-state index contributed by atoms with van der Waals surface area (Å²) in [5.41, 5.74) is 10.5. The van der Waals surface area contributed by atoms with Gasteiger partial charge >= 0.3 is 5.97 Å². The quantitative estimate of drug-likeness (QED) is 0.161. The number of rotatable bonds is 10. The van der Waals surface area contributed by atoms with Crippen molar-refractivity contribution in [1.29, 1.82) is 0 Å². The van der Waals surface area contributed by atoms with E-state index in [2.05, 4.69) is 48.1 Å². The van der Waals surface area contributed by atoms with Gasteiger partial charge in [-0.05, 0) is 140 Å². The van der Waals surface area contributed by atoms with E-state index in [0.717, 1.165) is 55.2 Å². The van der Waals surface area contributed by atoms with Crippen LogP contribution in [0.15, 0.2) is 64.7 Å². The minimum atomic E-state index is -2.85. The molecule has 1 saturated heterocycles. The van der Waals surface area contributed by atoms with Crippen molar-refractivity contribution < 1.29 is 23.1 Å². The molecule has 0 spiro atoms. The third kappa shape index (κ3) is 7.54. The Morgan fingerprint density at radius 3 is 2.43 bits per heavy atom. The van der Waals surface area contributed by atoms with Crippen molar-refractivity contribution in [3.05, 3.63) is 65.3 Å².